The Morgan fingerprint density at radius 3 is 2.47 bits per heavy atom. The highest BCUT2D eigenvalue weighted by Crippen LogP contribution is 2.21. The molecule has 1 aliphatic heterocycles. The van der Waals surface area contributed by atoms with Crippen molar-refractivity contribution in [1.82, 2.24) is 0 Å². The van der Waals surface area contributed by atoms with E-state index in [9.17, 15) is 20.1 Å². The number of carbonyl (C=O) groups is 1. The van der Waals surface area contributed by atoms with E-state index in [0.717, 1.165) is 0 Å². The number of aliphatic hydroxyl groups is 3. The fraction of sp³-hybridized carbons (Fsp3) is 0.875. The molecule has 1 heterocycles. The molecule has 0 spiro atoms. The number of rotatable bonds is 2. The Bertz CT molecular complexity index is 235. The molecule has 1 rings (SSSR count). The van der Waals surface area contributed by atoms with Crippen molar-refractivity contribution >= 4 is 17.6 Å². The van der Waals surface area contributed by atoms with Gasteiger partial charge in [0.1, 0.15) is 24.2 Å². The van der Waals surface area contributed by atoms with E-state index in [0.29, 0.717) is 0 Å². The van der Waals surface area contributed by atoms with Crippen LogP contribution in [0.1, 0.15) is 6.92 Å². The highest BCUT2D eigenvalue weighted by molar-refractivity contribution is 6.26. The van der Waals surface area contributed by atoms with Gasteiger partial charge in [-0.15, -0.1) is 11.6 Å². The summed E-state index contributed by atoms with van der Waals surface area (Å²) in [5, 5.41) is 28.1. The molecule has 0 aromatic heterocycles. The maximum Gasteiger partial charge on any atom is 0.323 e. The van der Waals surface area contributed by atoms with Crippen molar-refractivity contribution in [1.29, 1.82) is 0 Å². The van der Waals surface area contributed by atoms with Crippen molar-refractivity contribution in [3.05, 3.63) is 0 Å². The predicted octanol–water partition coefficient (Wildman–Crippen LogP) is -1.40. The third-order valence-electron chi connectivity index (χ3n) is 2.17. The predicted molar refractivity (Wildman–Crippen MR) is 49.2 cm³/mol. The molecule has 5 atom stereocenters. The Hall–Kier alpha value is -0.400. The Kier molecular flexibility index (Phi) is 4.30. The van der Waals surface area contributed by atoms with Crippen LogP contribution in [-0.4, -0.2) is 57.9 Å². The van der Waals surface area contributed by atoms with Crippen LogP contribution in [0, 0.1) is 0 Å². The molecule has 88 valence electrons. The van der Waals surface area contributed by atoms with Crippen LogP contribution in [0.2, 0.25) is 0 Å². The number of alkyl halides is 1. The van der Waals surface area contributed by atoms with E-state index in [4.69, 9.17) is 16.3 Å². The van der Waals surface area contributed by atoms with Gasteiger partial charge in [-0.1, -0.05) is 0 Å². The molecule has 1 unspecified atom stereocenters. The Balaban J connectivity index is 2.62. The third-order valence-corrected chi connectivity index (χ3v) is 2.38. The standard InChI is InChI=1S/C8H13ClO6/c1-3-5(11)6(12)7(13)8(14-3)15-4(10)2-9/h3,5-8,11-13H,2H2,1H3/t3-,5+,6+,7-,8?/m0/s1. The average molecular weight is 241 g/mol. The Labute approximate surface area is 91.4 Å². The van der Waals surface area contributed by atoms with Gasteiger partial charge in [-0.05, 0) is 6.92 Å². The van der Waals surface area contributed by atoms with E-state index < -0.39 is 36.7 Å². The fourth-order valence-electron chi connectivity index (χ4n) is 1.27. The van der Waals surface area contributed by atoms with Gasteiger partial charge in [0, 0.05) is 0 Å². The van der Waals surface area contributed by atoms with E-state index in [1.54, 1.807) is 0 Å². The molecule has 0 aromatic carbocycles. The number of hydrogen-bond acceptors (Lipinski definition) is 6. The van der Waals surface area contributed by atoms with Crippen LogP contribution >= 0.6 is 11.6 Å². The second kappa shape index (κ2) is 5.09. The number of carbonyl (C=O) groups excluding carboxylic acids is 1. The van der Waals surface area contributed by atoms with Gasteiger partial charge in [0.25, 0.3) is 0 Å². The molecule has 15 heavy (non-hydrogen) atoms. The van der Waals surface area contributed by atoms with Crippen molar-refractivity contribution in [2.24, 2.45) is 0 Å². The minimum absolute atomic E-state index is 0.375. The van der Waals surface area contributed by atoms with Gasteiger partial charge >= 0.3 is 5.97 Å². The van der Waals surface area contributed by atoms with Crippen LogP contribution < -0.4 is 0 Å². The quantitative estimate of drug-likeness (QED) is 0.406. The first kappa shape index (κ1) is 12.7. The largest absolute Gasteiger partial charge is 0.432 e. The first-order valence-corrected chi connectivity index (χ1v) is 4.96. The monoisotopic (exact) mass is 240 g/mol. The van der Waals surface area contributed by atoms with Crippen LogP contribution in [0.5, 0.6) is 0 Å². The molecule has 1 saturated heterocycles. The average Bonchev–Trinajstić information content (AvgIpc) is 2.22. The SMILES string of the molecule is C[C@@H]1OC(OC(=O)CCl)[C@@H](O)[C@H](O)[C@@H]1O. The lowest BCUT2D eigenvalue weighted by atomic mass is 10.0. The molecule has 7 heteroatoms. The first-order chi connectivity index (χ1) is 6.97. The van der Waals surface area contributed by atoms with Crippen molar-refractivity contribution in [2.75, 3.05) is 5.88 Å². The van der Waals surface area contributed by atoms with Gasteiger partial charge in [0.15, 0.2) is 0 Å². The maximum absolute atomic E-state index is 10.8. The van der Waals surface area contributed by atoms with E-state index >= 15 is 0 Å². The third kappa shape index (κ3) is 2.79. The lowest BCUT2D eigenvalue weighted by Crippen LogP contribution is -2.57. The molecule has 0 aromatic rings. The van der Waals surface area contributed by atoms with Gasteiger partial charge < -0.3 is 24.8 Å². The van der Waals surface area contributed by atoms with Gasteiger partial charge in [-0.2, -0.15) is 0 Å². The Morgan fingerprint density at radius 1 is 1.33 bits per heavy atom. The number of ether oxygens (including phenoxy) is 2. The molecule has 0 amide bonds. The number of hydrogen-bond donors (Lipinski definition) is 3. The summed E-state index contributed by atoms with van der Waals surface area (Å²) >= 11 is 5.20. The summed E-state index contributed by atoms with van der Waals surface area (Å²) in [6.07, 6.45) is -6.16. The van der Waals surface area contributed by atoms with E-state index in [1.807, 2.05) is 0 Å². The number of esters is 1. The van der Waals surface area contributed by atoms with Crippen molar-refractivity contribution in [3.63, 3.8) is 0 Å². The smallest absolute Gasteiger partial charge is 0.323 e. The summed E-state index contributed by atoms with van der Waals surface area (Å²) in [4.78, 5) is 10.8. The topological polar surface area (TPSA) is 96.2 Å². The summed E-state index contributed by atoms with van der Waals surface area (Å²) in [5.74, 6) is -1.14. The fourth-order valence-corrected chi connectivity index (χ4v) is 1.33. The second-order valence-corrected chi connectivity index (χ2v) is 3.57. The summed E-state index contributed by atoms with van der Waals surface area (Å²) < 4.78 is 9.62. The number of aliphatic hydroxyl groups excluding tert-OH is 3. The van der Waals surface area contributed by atoms with Gasteiger partial charge in [-0.25, -0.2) is 0 Å². The lowest BCUT2D eigenvalue weighted by Gasteiger charge is -2.38. The van der Waals surface area contributed by atoms with Crippen LogP contribution in [0.3, 0.4) is 0 Å². The lowest BCUT2D eigenvalue weighted by molar-refractivity contribution is -0.283. The van der Waals surface area contributed by atoms with Crippen LogP contribution in [0.25, 0.3) is 0 Å². The molecule has 0 aliphatic carbocycles. The second-order valence-electron chi connectivity index (χ2n) is 3.30. The Morgan fingerprint density at radius 2 is 1.93 bits per heavy atom. The highest BCUT2D eigenvalue weighted by Gasteiger charge is 2.43. The molecule has 1 aliphatic rings. The molecule has 0 saturated carbocycles. The molecule has 0 bridgehead atoms. The summed E-state index contributed by atoms with van der Waals surface area (Å²) in [6.45, 7) is 1.49. The highest BCUT2D eigenvalue weighted by atomic mass is 35.5. The maximum atomic E-state index is 10.8. The zero-order valence-corrected chi connectivity index (χ0v) is 8.79. The van der Waals surface area contributed by atoms with Gasteiger partial charge in [0.05, 0.1) is 6.10 Å². The normalized spacial score (nSPS) is 41.3. The van der Waals surface area contributed by atoms with E-state index in [2.05, 4.69) is 4.74 Å². The minimum Gasteiger partial charge on any atom is -0.432 e. The molecular formula is C8H13ClO6. The van der Waals surface area contributed by atoms with Gasteiger partial charge in [-0.3, -0.25) is 4.79 Å². The number of halogens is 1. The molecular weight excluding hydrogens is 228 g/mol. The van der Waals surface area contributed by atoms with Crippen LogP contribution in [0.15, 0.2) is 0 Å². The minimum atomic E-state index is -1.48. The first-order valence-electron chi connectivity index (χ1n) is 4.42. The van der Waals surface area contributed by atoms with Crippen molar-refractivity contribution in [3.8, 4) is 0 Å². The summed E-state index contributed by atoms with van der Waals surface area (Å²) in [5.41, 5.74) is 0. The van der Waals surface area contributed by atoms with Crippen molar-refractivity contribution in [2.45, 2.75) is 37.6 Å². The summed E-state index contributed by atoms with van der Waals surface area (Å²) in [6, 6.07) is 0. The zero-order valence-electron chi connectivity index (χ0n) is 8.04. The van der Waals surface area contributed by atoms with E-state index in [1.165, 1.54) is 6.92 Å². The van der Waals surface area contributed by atoms with Crippen LogP contribution in [-0.2, 0) is 14.3 Å². The van der Waals surface area contributed by atoms with Gasteiger partial charge in [0.2, 0.25) is 6.29 Å². The molecule has 1 fully saturated rings. The van der Waals surface area contributed by atoms with E-state index in [-0.39, 0.29) is 5.88 Å². The van der Waals surface area contributed by atoms with Crippen LogP contribution in [0.4, 0.5) is 0 Å². The molecule has 0 radical (unpaired) electrons. The molecule has 6 nitrogen and oxygen atoms in total. The zero-order chi connectivity index (χ0) is 11.6. The summed E-state index contributed by atoms with van der Waals surface area (Å²) in [7, 11) is 0. The molecule has 3 N–H and O–H groups in total. The van der Waals surface area contributed by atoms with Crippen molar-refractivity contribution < 1.29 is 29.6 Å².